The molecule has 6 nitrogen and oxygen atoms in total. The number of nitrogens with zero attached hydrogens (tertiary/aromatic N) is 1. The van der Waals surface area contributed by atoms with Gasteiger partial charge in [0, 0.05) is 55.0 Å². The van der Waals surface area contributed by atoms with Crippen molar-refractivity contribution in [3.8, 4) is 11.5 Å². The Bertz CT molecular complexity index is 1290. The molecule has 8 heteroatoms. The number of carbonyl (C=O) groups is 2. The molecule has 0 saturated heterocycles. The molecule has 0 N–H and O–H groups in total. The van der Waals surface area contributed by atoms with Gasteiger partial charge >= 0.3 is 0 Å². The molecular formula is C30H31Cl2NO5. The number of ketones is 2. The lowest BCUT2D eigenvalue weighted by molar-refractivity contribution is -0.117. The van der Waals surface area contributed by atoms with Crippen molar-refractivity contribution in [2.75, 3.05) is 27.4 Å². The van der Waals surface area contributed by atoms with Crippen molar-refractivity contribution in [3.05, 3.63) is 80.1 Å². The van der Waals surface area contributed by atoms with E-state index >= 15 is 0 Å². The van der Waals surface area contributed by atoms with Crippen molar-refractivity contribution in [1.82, 2.24) is 4.90 Å². The molecule has 0 amide bonds. The third-order valence-electron chi connectivity index (χ3n) is 7.50. The molecule has 5 rings (SSSR count). The Morgan fingerprint density at radius 1 is 0.842 bits per heavy atom. The van der Waals surface area contributed by atoms with Crippen LogP contribution in [0.3, 0.4) is 0 Å². The zero-order valence-electron chi connectivity index (χ0n) is 21.6. The van der Waals surface area contributed by atoms with Crippen LogP contribution in [0.2, 0.25) is 10.0 Å². The van der Waals surface area contributed by atoms with Gasteiger partial charge in [0.05, 0.1) is 23.8 Å². The number of rotatable bonds is 8. The number of carbonyl (C=O) groups excluding carboxylic acids is 2. The summed E-state index contributed by atoms with van der Waals surface area (Å²) in [5.74, 6) is 0.927. The van der Waals surface area contributed by atoms with Crippen molar-refractivity contribution >= 4 is 34.8 Å². The quantitative estimate of drug-likeness (QED) is 0.363. The molecule has 1 heterocycles. The largest absolute Gasteiger partial charge is 0.493 e. The van der Waals surface area contributed by atoms with Crippen molar-refractivity contribution in [1.29, 1.82) is 0 Å². The Kier molecular flexibility index (Phi) is 8.12. The fraction of sp³-hybridized carbons (Fsp3) is 0.400. The van der Waals surface area contributed by atoms with Gasteiger partial charge in [-0.3, -0.25) is 9.59 Å². The maximum Gasteiger partial charge on any atom is 0.161 e. The van der Waals surface area contributed by atoms with Gasteiger partial charge in [-0.2, -0.15) is 0 Å². The molecule has 0 fully saturated rings. The number of halogens is 2. The van der Waals surface area contributed by atoms with Gasteiger partial charge < -0.3 is 19.1 Å². The fourth-order valence-corrected chi connectivity index (χ4v) is 6.10. The summed E-state index contributed by atoms with van der Waals surface area (Å²) in [7, 11) is 3.26. The molecule has 2 aliphatic carbocycles. The molecule has 0 spiro atoms. The molecule has 3 aliphatic rings. The Morgan fingerprint density at radius 3 is 2.13 bits per heavy atom. The van der Waals surface area contributed by atoms with Crippen molar-refractivity contribution in [2.24, 2.45) is 0 Å². The summed E-state index contributed by atoms with van der Waals surface area (Å²) >= 11 is 12.2. The standard InChI is InChI=1S/C30H31Cl2NO5/c1-36-14-13-33-22-5-3-7-24(34)29(22)28(30-23(33)6-4-8-25(30)35)19-10-12-26(27(16-19)37-2)38-17-18-9-11-20(31)21(32)15-18/h9-12,15-16,28H,3-8,13-14,17H2,1-2H3. The highest BCUT2D eigenvalue weighted by Crippen LogP contribution is 2.50. The van der Waals surface area contributed by atoms with Crippen LogP contribution in [0.25, 0.3) is 0 Å². The van der Waals surface area contributed by atoms with Crippen LogP contribution >= 0.6 is 23.2 Å². The van der Waals surface area contributed by atoms with E-state index in [0.717, 1.165) is 59.4 Å². The van der Waals surface area contributed by atoms with Crippen LogP contribution in [0.15, 0.2) is 58.9 Å². The predicted octanol–water partition coefficient (Wildman–Crippen LogP) is 6.64. The normalized spacial score (nSPS) is 18.1. The second-order valence-corrected chi connectivity index (χ2v) is 10.6. The van der Waals surface area contributed by atoms with Gasteiger partial charge in [0.2, 0.25) is 0 Å². The number of benzene rings is 2. The van der Waals surface area contributed by atoms with E-state index in [1.54, 1.807) is 26.4 Å². The van der Waals surface area contributed by atoms with Crippen LogP contribution in [-0.4, -0.2) is 43.8 Å². The summed E-state index contributed by atoms with van der Waals surface area (Å²) in [5, 5.41) is 0.955. The Morgan fingerprint density at radius 2 is 1.53 bits per heavy atom. The van der Waals surface area contributed by atoms with Gasteiger partial charge in [-0.05, 0) is 61.1 Å². The molecule has 0 unspecified atom stereocenters. The molecule has 0 radical (unpaired) electrons. The third-order valence-corrected chi connectivity index (χ3v) is 8.24. The highest BCUT2D eigenvalue weighted by Gasteiger charge is 2.43. The molecule has 200 valence electrons. The summed E-state index contributed by atoms with van der Waals surface area (Å²) in [5.41, 5.74) is 5.30. The Hall–Kier alpha value is -2.80. The van der Waals surface area contributed by atoms with Crippen LogP contribution in [0.5, 0.6) is 11.5 Å². The SMILES string of the molecule is COCCN1C2=C(C(=O)CCC2)C(c2ccc(OCc3ccc(Cl)c(Cl)c3)c(OC)c2)C2=C1CCCC2=O. The minimum Gasteiger partial charge on any atom is -0.493 e. The minimum atomic E-state index is -0.405. The first kappa shape index (κ1) is 26.8. The van der Waals surface area contributed by atoms with Crippen LogP contribution in [0.1, 0.15) is 55.6 Å². The number of Topliss-reactive ketones (excluding diaryl/α,β-unsaturated/α-hetero) is 2. The average Bonchev–Trinajstić information content (AvgIpc) is 2.92. The highest BCUT2D eigenvalue weighted by atomic mass is 35.5. The molecule has 0 aromatic heterocycles. The van der Waals surface area contributed by atoms with Gasteiger partial charge in [-0.1, -0.05) is 35.3 Å². The van der Waals surface area contributed by atoms with E-state index in [0.29, 0.717) is 47.5 Å². The molecule has 1 aliphatic heterocycles. The number of hydrogen-bond acceptors (Lipinski definition) is 6. The highest BCUT2D eigenvalue weighted by molar-refractivity contribution is 6.42. The maximum atomic E-state index is 13.4. The van der Waals surface area contributed by atoms with Gasteiger partial charge in [0.1, 0.15) is 6.61 Å². The number of ether oxygens (including phenoxy) is 3. The molecule has 38 heavy (non-hydrogen) atoms. The maximum absolute atomic E-state index is 13.4. The first-order valence-electron chi connectivity index (χ1n) is 13.0. The average molecular weight is 556 g/mol. The number of methoxy groups -OCH3 is 2. The summed E-state index contributed by atoms with van der Waals surface area (Å²) in [4.78, 5) is 29.0. The zero-order valence-corrected chi connectivity index (χ0v) is 23.2. The summed E-state index contributed by atoms with van der Waals surface area (Å²) < 4.78 is 17.1. The first-order valence-corrected chi connectivity index (χ1v) is 13.7. The van der Waals surface area contributed by atoms with Gasteiger partial charge in [0.25, 0.3) is 0 Å². The van der Waals surface area contributed by atoms with E-state index in [2.05, 4.69) is 4.90 Å². The van der Waals surface area contributed by atoms with Crippen molar-refractivity contribution in [2.45, 2.75) is 51.0 Å². The molecule has 0 saturated carbocycles. The van der Waals surface area contributed by atoms with E-state index in [9.17, 15) is 9.59 Å². The summed E-state index contributed by atoms with van der Waals surface area (Å²) in [6.07, 6.45) is 4.24. The number of allylic oxidation sites excluding steroid dienone is 4. The molecule has 2 aromatic carbocycles. The van der Waals surface area contributed by atoms with Crippen molar-refractivity contribution < 1.29 is 23.8 Å². The van der Waals surface area contributed by atoms with Gasteiger partial charge in [-0.15, -0.1) is 0 Å². The van der Waals surface area contributed by atoms with Gasteiger partial charge in [-0.25, -0.2) is 0 Å². The summed E-state index contributed by atoms with van der Waals surface area (Å²) in [6, 6.07) is 11.1. The van der Waals surface area contributed by atoms with Gasteiger partial charge in [0.15, 0.2) is 23.1 Å². The first-order chi connectivity index (χ1) is 18.4. The fourth-order valence-electron chi connectivity index (χ4n) is 5.78. The van der Waals surface area contributed by atoms with E-state index in [-0.39, 0.29) is 18.2 Å². The Labute approximate surface area is 233 Å². The van der Waals surface area contributed by atoms with Crippen LogP contribution < -0.4 is 9.47 Å². The molecule has 0 bridgehead atoms. The smallest absolute Gasteiger partial charge is 0.161 e. The van der Waals surface area contributed by atoms with E-state index in [1.807, 2.05) is 24.3 Å². The summed E-state index contributed by atoms with van der Waals surface area (Å²) in [6.45, 7) is 1.44. The zero-order chi connectivity index (χ0) is 26.8. The lowest BCUT2D eigenvalue weighted by Gasteiger charge is -2.44. The van der Waals surface area contributed by atoms with Crippen LogP contribution in [0.4, 0.5) is 0 Å². The lowest BCUT2D eigenvalue weighted by Crippen LogP contribution is -2.40. The Balaban J connectivity index is 1.53. The second kappa shape index (κ2) is 11.5. The van der Waals surface area contributed by atoms with E-state index in [1.165, 1.54) is 0 Å². The lowest BCUT2D eigenvalue weighted by atomic mass is 9.71. The second-order valence-electron chi connectivity index (χ2n) is 9.80. The van der Waals surface area contributed by atoms with Crippen molar-refractivity contribution in [3.63, 3.8) is 0 Å². The molecule has 2 aromatic rings. The molecule has 0 atom stereocenters. The van der Waals surface area contributed by atoms with Crippen LogP contribution in [-0.2, 0) is 20.9 Å². The monoisotopic (exact) mass is 555 g/mol. The minimum absolute atomic E-state index is 0.113. The topological polar surface area (TPSA) is 65.1 Å². The number of hydrogen-bond donors (Lipinski definition) is 0. The van der Waals surface area contributed by atoms with E-state index in [4.69, 9.17) is 37.4 Å². The molecular weight excluding hydrogens is 525 g/mol. The van der Waals surface area contributed by atoms with E-state index < -0.39 is 5.92 Å². The van der Waals surface area contributed by atoms with Crippen LogP contribution in [0, 0.1) is 0 Å². The third kappa shape index (κ3) is 5.09. The predicted molar refractivity (Wildman–Crippen MR) is 147 cm³/mol.